The van der Waals surface area contributed by atoms with Gasteiger partial charge in [0.15, 0.2) is 5.78 Å². The van der Waals surface area contributed by atoms with Gasteiger partial charge in [0.1, 0.15) is 0 Å². The monoisotopic (exact) mass is 523 g/mol. The van der Waals surface area contributed by atoms with Crippen molar-refractivity contribution in [2.45, 2.75) is 13.8 Å². The van der Waals surface area contributed by atoms with Crippen LogP contribution >= 0.6 is 0 Å². The summed E-state index contributed by atoms with van der Waals surface area (Å²) in [4.78, 5) is 10.0. The van der Waals surface area contributed by atoms with Crippen LogP contribution in [0.5, 0.6) is 0 Å². The molecular weight excluding hydrogens is 500 g/mol. The second kappa shape index (κ2) is 9.86. The zero-order valence-electron chi connectivity index (χ0n) is 15.0. The molecule has 3 heteroatoms. The van der Waals surface area contributed by atoms with Crippen molar-refractivity contribution in [3.05, 3.63) is 97.5 Å². The predicted molar refractivity (Wildman–Crippen MR) is 105 cm³/mol. The van der Waals surface area contributed by atoms with Gasteiger partial charge >= 0.3 is 0 Å². The molecule has 0 unspecified atom stereocenters. The first-order valence-corrected chi connectivity index (χ1v) is 8.03. The normalized spacial score (nSPS) is 10.5. The maximum Gasteiger partial charge on any atom is 0.155 e. The minimum Gasteiger partial charge on any atom is -0.512 e. The molecule has 137 valence electrons. The summed E-state index contributed by atoms with van der Waals surface area (Å²) in [6, 6.07) is 20.8. The van der Waals surface area contributed by atoms with Gasteiger partial charge in [-0.25, -0.2) is 0 Å². The molecule has 1 radical (unpaired) electrons. The average molecular weight is 523 g/mol. The minimum atomic E-state index is -0.125. The van der Waals surface area contributed by atoms with Crippen LogP contribution in [0, 0.1) is 13.8 Å². The Morgan fingerprint density at radius 2 is 1.50 bits per heavy atom. The summed E-state index contributed by atoms with van der Waals surface area (Å²) in [6.45, 7) is 11.1. The van der Waals surface area contributed by atoms with Crippen LogP contribution in [-0.2, 0) is 24.9 Å². The van der Waals surface area contributed by atoms with Crippen LogP contribution in [-0.4, -0.2) is 10.9 Å². The second-order valence-corrected chi connectivity index (χ2v) is 5.87. The van der Waals surface area contributed by atoms with Gasteiger partial charge in [0.2, 0.25) is 0 Å². The molecule has 0 aliphatic carbocycles. The van der Waals surface area contributed by atoms with Crippen LogP contribution in [0.3, 0.4) is 0 Å². The van der Waals surface area contributed by atoms with Crippen molar-refractivity contribution in [1.29, 1.82) is 0 Å². The summed E-state index contributed by atoms with van der Waals surface area (Å²) in [5.41, 5.74) is 4.45. The van der Waals surface area contributed by atoms with Gasteiger partial charge in [-0.05, 0) is 19.2 Å². The number of benzene rings is 3. The largest absolute Gasteiger partial charge is 0.512 e. The van der Waals surface area contributed by atoms with Crippen LogP contribution in [0.1, 0.15) is 25.0 Å². The fourth-order valence-corrected chi connectivity index (χ4v) is 2.69. The van der Waals surface area contributed by atoms with Crippen LogP contribution in [0.4, 0.5) is 0 Å². The summed E-state index contributed by atoms with van der Waals surface area (Å²) in [5, 5.41) is 10.8. The molecule has 0 aliphatic heterocycles. The Morgan fingerprint density at radius 1 is 0.885 bits per heavy atom. The van der Waals surface area contributed by atoms with E-state index in [9.17, 15) is 4.79 Å². The Hall–Kier alpha value is -2.48. The van der Waals surface area contributed by atoms with E-state index in [0.717, 1.165) is 11.1 Å². The maximum absolute atomic E-state index is 10.0. The molecule has 0 heterocycles. The molecule has 0 saturated carbocycles. The SMILES string of the molecule is CC(=O)/C=C(/C)O.[CH2-]c1ccccc1-c1c([CH2-])ccc2ccccc12.[Ir]. The predicted octanol–water partition coefficient (Wildman–Crippen LogP) is 5.91. The van der Waals surface area contributed by atoms with E-state index in [1.807, 2.05) is 18.2 Å². The Bertz CT molecular complexity index is 922. The number of aliphatic hydroxyl groups is 1. The van der Waals surface area contributed by atoms with Crippen LogP contribution in [0.2, 0.25) is 0 Å². The van der Waals surface area contributed by atoms with Crippen LogP contribution < -0.4 is 0 Å². The van der Waals surface area contributed by atoms with Crippen molar-refractivity contribution >= 4 is 16.6 Å². The van der Waals surface area contributed by atoms with Gasteiger partial charge in [-0.1, -0.05) is 35.7 Å². The summed E-state index contributed by atoms with van der Waals surface area (Å²) in [7, 11) is 0. The smallest absolute Gasteiger partial charge is 0.155 e. The van der Waals surface area contributed by atoms with E-state index >= 15 is 0 Å². The van der Waals surface area contributed by atoms with Gasteiger partial charge in [0.25, 0.3) is 0 Å². The average Bonchev–Trinajstić information content (AvgIpc) is 2.55. The fourth-order valence-electron chi connectivity index (χ4n) is 2.69. The zero-order valence-corrected chi connectivity index (χ0v) is 17.3. The first-order valence-electron chi connectivity index (χ1n) is 8.03. The summed E-state index contributed by atoms with van der Waals surface area (Å²) >= 11 is 0. The van der Waals surface area contributed by atoms with E-state index in [-0.39, 0.29) is 31.6 Å². The molecule has 0 atom stereocenters. The molecule has 3 rings (SSSR count). The standard InChI is InChI=1S/C18H14.C5H8O2.Ir/c1-13-7-3-5-9-16(13)18-14(2)11-12-15-8-4-6-10-17(15)18;1-4(6)3-5(2)7;/h3-12H,1-2H2;3,6H,1-2H3;/q-2;;/b;4-3-;. The molecule has 0 bridgehead atoms. The molecule has 2 nitrogen and oxygen atoms in total. The van der Waals surface area contributed by atoms with Gasteiger partial charge in [-0.2, -0.15) is 48.2 Å². The van der Waals surface area contributed by atoms with Crippen LogP contribution in [0.15, 0.2) is 72.5 Å². The summed E-state index contributed by atoms with van der Waals surface area (Å²) in [6.07, 6.45) is 1.17. The van der Waals surface area contributed by atoms with Crippen molar-refractivity contribution in [2.75, 3.05) is 0 Å². The van der Waals surface area contributed by atoms with Gasteiger partial charge < -0.3 is 5.11 Å². The Morgan fingerprint density at radius 3 is 2.08 bits per heavy atom. The third-order valence-electron chi connectivity index (χ3n) is 3.71. The van der Waals surface area contributed by atoms with E-state index in [4.69, 9.17) is 5.11 Å². The number of rotatable bonds is 2. The zero-order chi connectivity index (χ0) is 18.4. The molecule has 26 heavy (non-hydrogen) atoms. The maximum atomic E-state index is 10.0. The molecular formula is C23H22IrO2-2. The van der Waals surface area contributed by atoms with Gasteiger partial charge in [-0.3, -0.25) is 4.79 Å². The Labute approximate surface area is 168 Å². The van der Waals surface area contributed by atoms with Crippen molar-refractivity contribution < 1.29 is 30.0 Å². The number of hydrogen-bond acceptors (Lipinski definition) is 2. The van der Waals surface area contributed by atoms with E-state index in [1.165, 1.54) is 41.8 Å². The molecule has 0 aromatic heterocycles. The van der Waals surface area contributed by atoms with Gasteiger partial charge in [0, 0.05) is 26.2 Å². The number of carbonyl (C=O) groups is 1. The molecule has 0 aliphatic rings. The molecule has 0 fully saturated rings. The Kier molecular flexibility index (Phi) is 8.18. The van der Waals surface area contributed by atoms with Crippen molar-refractivity contribution in [2.24, 2.45) is 0 Å². The van der Waals surface area contributed by atoms with E-state index in [2.05, 4.69) is 56.3 Å². The topological polar surface area (TPSA) is 37.3 Å². The molecule has 0 amide bonds. The summed E-state index contributed by atoms with van der Waals surface area (Å²) < 4.78 is 0. The molecule has 3 aromatic carbocycles. The molecule has 0 saturated heterocycles. The van der Waals surface area contributed by atoms with Crippen molar-refractivity contribution in [1.82, 2.24) is 0 Å². The molecule has 1 N–H and O–H groups in total. The first kappa shape index (κ1) is 21.6. The van der Waals surface area contributed by atoms with Crippen molar-refractivity contribution in [3.63, 3.8) is 0 Å². The number of allylic oxidation sites excluding steroid dienone is 2. The first-order chi connectivity index (χ1) is 11.9. The number of aliphatic hydroxyl groups excluding tert-OH is 1. The van der Waals surface area contributed by atoms with E-state index in [1.54, 1.807) is 0 Å². The number of carbonyl (C=O) groups excluding carboxylic acids is 1. The van der Waals surface area contributed by atoms with Crippen molar-refractivity contribution in [3.8, 4) is 11.1 Å². The fraction of sp³-hybridized carbons (Fsp3) is 0.0870. The number of ketones is 1. The third-order valence-corrected chi connectivity index (χ3v) is 3.71. The van der Waals surface area contributed by atoms with Gasteiger partial charge in [0.05, 0.1) is 5.76 Å². The molecule has 0 spiro atoms. The third kappa shape index (κ3) is 5.52. The Balaban J connectivity index is 0.000000366. The number of hydrogen-bond donors (Lipinski definition) is 1. The summed E-state index contributed by atoms with van der Waals surface area (Å²) in [5.74, 6) is -0.0625. The van der Waals surface area contributed by atoms with Crippen LogP contribution in [0.25, 0.3) is 21.9 Å². The minimum absolute atomic E-state index is 0. The van der Waals surface area contributed by atoms with Gasteiger partial charge in [-0.15, -0.1) is 18.2 Å². The number of fused-ring (bicyclic) bond motifs is 1. The van der Waals surface area contributed by atoms with E-state index in [0.29, 0.717) is 0 Å². The second-order valence-electron chi connectivity index (χ2n) is 5.87. The quantitative estimate of drug-likeness (QED) is 0.258. The molecule has 3 aromatic rings. The van der Waals surface area contributed by atoms with E-state index < -0.39 is 0 Å².